The van der Waals surface area contributed by atoms with Crippen LogP contribution in [0.3, 0.4) is 0 Å². The third-order valence-electron chi connectivity index (χ3n) is 8.46. The van der Waals surface area contributed by atoms with Gasteiger partial charge in [0.25, 0.3) is 0 Å². The first-order valence-electron chi connectivity index (χ1n) is 15.5. The summed E-state index contributed by atoms with van der Waals surface area (Å²) < 4.78 is 0. The van der Waals surface area contributed by atoms with Gasteiger partial charge in [0.2, 0.25) is 0 Å². The van der Waals surface area contributed by atoms with Crippen LogP contribution in [0.15, 0.2) is 187 Å². The maximum absolute atomic E-state index is 2.42. The van der Waals surface area contributed by atoms with Crippen molar-refractivity contribution in [2.75, 3.05) is 9.80 Å². The van der Waals surface area contributed by atoms with E-state index in [9.17, 15) is 0 Å². The summed E-state index contributed by atoms with van der Waals surface area (Å²) in [6.45, 7) is 0. The Bertz CT molecular complexity index is 1800. The third-order valence-corrected chi connectivity index (χ3v) is 8.46. The largest absolute Gasteiger partial charge is 0.315 e. The number of rotatable bonds is 8. The number of anilines is 4. The molecule has 2 aliphatic rings. The molecule has 44 heavy (non-hydrogen) atoms. The fourth-order valence-electron chi connectivity index (χ4n) is 6.18. The average Bonchev–Trinajstić information content (AvgIpc) is 3.11. The van der Waals surface area contributed by atoms with Crippen LogP contribution in [0.5, 0.6) is 0 Å². The monoisotopic (exact) mass is 568 g/mol. The number of para-hydroxylation sites is 2. The third kappa shape index (κ3) is 5.93. The number of allylic oxidation sites excluding steroid dienone is 7. The van der Waals surface area contributed by atoms with E-state index < -0.39 is 0 Å². The standard InChI is InChI=1S/C42H36N2/c1-5-13-33(14-6-1)34-21-27-41(28-22-34)44(39-19-11-4-12-20-39)42-31-25-36(26-32-42)35-23-29-40(30-24-35)43(37-15-7-2-8-16-37)38-17-9-3-10-18-38/h1-9,11-17,19-23,25-32,35H,10,18,24H2. The van der Waals surface area contributed by atoms with E-state index in [0.717, 1.165) is 36.3 Å². The molecule has 0 bridgehead atoms. The van der Waals surface area contributed by atoms with E-state index in [4.69, 9.17) is 0 Å². The molecule has 0 spiro atoms. The molecule has 0 radical (unpaired) electrons. The highest BCUT2D eigenvalue weighted by Crippen LogP contribution is 2.38. The van der Waals surface area contributed by atoms with E-state index >= 15 is 0 Å². The molecular weight excluding hydrogens is 532 g/mol. The van der Waals surface area contributed by atoms with E-state index in [1.54, 1.807) is 0 Å². The first kappa shape index (κ1) is 27.5. The summed E-state index contributed by atoms with van der Waals surface area (Å²) in [6.07, 6.45) is 16.9. The van der Waals surface area contributed by atoms with Crippen molar-refractivity contribution in [1.82, 2.24) is 0 Å². The van der Waals surface area contributed by atoms with Crippen molar-refractivity contribution >= 4 is 22.7 Å². The van der Waals surface area contributed by atoms with Crippen LogP contribution < -0.4 is 9.80 Å². The SMILES string of the molecule is C1=CCCC(N(C2=CCC(c3ccc(N(c4ccccc4)c4ccc(-c5ccccc5)cc4)cc3)C=C2)c2ccccc2)=C1. The quantitative estimate of drug-likeness (QED) is 0.184. The highest BCUT2D eigenvalue weighted by atomic mass is 15.2. The summed E-state index contributed by atoms with van der Waals surface area (Å²) >= 11 is 0. The molecule has 0 fully saturated rings. The lowest BCUT2D eigenvalue weighted by atomic mass is 9.91. The van der Waals surface area contributed by atoms with Gasteiger partial charge >= 0.3 is 0 Å². The fraction of sp³-hybridized carbons (Fsp3) is 0.0952. The number of hydrogen-bond acceptors (Lipinski definition) is 2. The summed E-state index contributed by atoms with van der Waals surface area (Å²) in [4.78, 5) is 4.75. The number of benzene rings is 5. The minimum absolute atomic E-state index is 0.348. The van der Waals surface area contributed by atoms with Crippen LogP contribution in [-0.4, -0.2) is 0 Å². The predicted molar refractivity (Wildman–Crippen MR) is 187 cm³/mol. The molecule has 0 N–H and O–H groups in total. The first-order valence-corrected chi connectivity index (χ1v) is 15.5. The molecule has 2 heteroatoms. The van der Waals surface area contributed by atoms with Gasteiger partial charge in [0, 0.05) is 40.1 Å². The fourth-order valence-corrected chi connectivity index (χ4v) is 6.18. The molecule has 7 rings (SSSR count). The second-order valence-corrected chi connectivity index (χ2v) is 11.3. The first-order chi connectivity index (χ1) is 21.8. The smallest absolute Gasteiger partial charge is 0.0462 e. The van der Waals surface area contributed by atoms with E-state index in [2.05, 4.69) is 186 Å². The van der Waals surface area contributed by atoms with Crippen LogP contribution in [0.1, 0.15) is 30.7 Å². The molecule has 1 atom stereocenters. The average molecular weight is 569 g/mol. The molecule has 0 saturated carbocycles. The maximum atomic E-state index is 2.42. The van der Waals surface area contributed by atoms with Gasteiger partial charge in [-0.25, -0.2) is 0 Å². The van der Waals surface area contributed by atoms with Gasteiger partial charge in [0.15, 0.2) is 0 Å². The molecule has 0 heterocycles. The summed E-state index contributed by atoms with van der Waals surface area (Å²) in [5.74, 6) is 0.348. The highest BCUT2D eigenvalue weighted by molar-refractivity contribution is 5.78. The zero-order valence-electron chi connectivity index (χ0n) is 24.8. The molecule has 2 aliphatic carbocycles. The van der Waals surface area contributed by atoms with Crippen molar-refractivity contribution in [3.8, 4) is 11.1 Å². The van der Waals surface area contributed by atoms with Crippen LogP contribution in [0, 0.1) is 0 Å². The molecule has 0 saturated heterocycles. The van der Waals surface area contributed by atoms with Gasteiger partial charge in [0.05, 0.1) is 0 Å². The Balaban J connectivity index is 1.13. The highest BCUT2D eigenvalue weighted by Gasteiger charge is 2.20. The van der Waals surface area contributed by atoms with Gasteiger partial charge in [0.1, 0.15) is 0 Å². The zero-order valence-corrected chi connectivity index (χ0v) is 24.8. The van der Waals surface area contributed by atoms with Crippen LogP contribution in [0.25, 0.3) is 11.1 Å². The number of nitrogens with zero attached hydrogens (tertiary/aromatic N) is 2. The normalized spacial score (nSPS) is 15.8. The van der Waals surface area contributed by atoms with Gasteiger partial charge in [-0.3, -0.25) is 0 Å². The molecular formula is C42H36N2. The van der Waals surface area contributed by atoms with Crippen molar-refractivity contribution < 1.29 is 0 Å². The molecule has 0 aliphatic heterocycles. The Morgan fingerprint density at radius 3 is 1.64 bits per heavy atom. The molecule has 0 aromatic heterocycles. The van der Waals surface area contributed by atoms with E-state index in [-0.39, 0.29) is 0 Å². The Kier molecular flexibility index (Phi) is 8.05. The van der Waals surface area contributed by atoms with E-state index in [1.165, 1.54) is 33.8 Å². The van der Waals surface area contributed by atoms with Crippen LogP contribution >= 0.6 is 0 Å². The van der Waals surface area contributed by atoms with Gasteiger partial charge in [-0.2, -0.15) is 0 Å². The molecule has 5 aromatic rings. The molecule has 1 unspecified atom stereocenters. The van der Waals surface area contributed by atoms with Crippen molar-refractivity contribution in [2.45, 2.75) is 25.2 Å². The van der Waals surface area contributed by atoms with Gasteiger partial charge in [-0.1, -0.05) is 115 Å². The van der Waals surface area contributed by atoms with Crippen molar-refractivity contribution in [3.63, 3.8) is 0 Å². The Morgan fingerprint density at radius 2 is 1.07 bits per heavy atom. The molecule has 5 aromatic carbocycles. The van der Waals surface area contributed by atoms with Crippen LogP contribution in [0.2, 0.25) is 0 Å². The zero-order chi connectivity index (χ0) is 29.6. The molecule has 0 amide bonds. The van der Waals surface area contributed by atoms with Crippen LogP contribution in [0.4, 0.5) is 22.7 Å². The summed E-state index contributed by atoms with van der Waals surface area (Å²) in [5, 5.41) is 0. The lowest BCUT2D eigenvalue weighted by molar-refractivity contribution is 0.826. The molecule has 2 nitrogen and oxygen atoms in total. The summed E-state index contributed by atoms with van der Waals surface area (Å²) in [7, 11) is 0. The van der Waals surface area contributed by atoms with Crippen molar-refractivity contribution in [3.05, 3.63) is 193 Å². The minimum atomic E-state index is 0.348. The van der Waals surface area contributed by atoms with Gasteiger partial charge < -0.3 is 9.80 Å². The topological polar surface area (TPSA) is 6.48 Å². The number of hydrogen-bond donors (Lipinski definition) is 0. The van der Waals surface area contributed by atoms with Crippen molar-refractivity contribution in [1.29, 1.82) is 0 Å². The second kappa shape index (κ2) is 12.9. The maximum Gasteiger partial charge on any atom is 0.0462 e. The van der Waals surface area contributed by atoms with Crippen LogP contribution in [-0.2, 0) is 0 Å². The lowest BCUT2D eigenvalue weighted by Crippen LogP contribution is -2.23. The Morgan fingerprint density at radius 1 is 0.523 bits per heavy atom. The summed E-state index contributed by atoms with van der Waals surface area (Å²) in [6, 6.07) is 49.9. The lowest BCUT2D eigenvalue weighted by Gasteiger charge is -2.31. The van der Waals surface area contributed by atoms with Gasteiger partial charge in [-0.05, 0) is 96.6 Å². The second-order valence-electron chi connectivity index (χ2n) is 11.3. The predicted octanol–water partition coefficient (Wildman–Crippen LogP) is 11.5. The van der Waals surface area contributed by atoms with E-state index in [0.29, 0.717) is 5.92 Å². The van der Waals surface area contributed by atoms with Crippen molar-refractivity contribution in [2.24, 2.45) is 0 Å². The Hall–Kier alpha value is -5.34. The van der Waals surface area contributed by atoms with E-state index in [1.807, 2.05) is 0 Å². The molecule has 214 valence electrons. The Labute approximate surface area is 261 Å². The minimum Gasteiger partial charge on any atom is -0.315 e. The van der Waals surface area contributed by atoms with Gasteiger partial charge in [-0.15, -0.1) is 0 Å². The summed E-state index contributed by atoms with van der Waals surface area (Å²) in [5.41, 5.74) is 11.0.